The van der Waals surface area contributed by atoms with Gasteiger partial charge in [-0.1, -0.05) is 35.9 Å². The van der Waals surface area contributed by atoms with Crippen LogP contribution < -0.4 is 5.73 Å². The lowest BCUT2D eigenvalue weighted by atomic mass is 10.0. The molecule has 0 aliphatic carbocycles. The van der Waals surface area contributed by atoms with Crippen molar-refractivity contribution in [1.82, 2.24) is 15.2 Å². The highest BCUT2D eigenvalue weighted by atomic mass is 16.1. The van der Waals surface area contributed by atoms with Gasteiger partial charge in [-0.25, -0.2) is 0 Å². The Morgan fingerprint density at radius 3 is 2.58 bits per heavy atom. The Morgan fingerprint density at radius 1 is 1.12 bits per heavy atom. The van der Waals surface area contributed by atoms with Crippen LogP contribution in [0.2, 0.25) is 0 Å². The first-order chi connectivity index (χ1) is 11.6. The molecule has 0 spiro atoms. The van der Waals surface area contributed by atoms with Gasteiger partial charge in [-0.05, 0) is 37.0 Å². The summed E-state index contributed by atoms with van der Waals surface area (Å²) in [7, 11) is 0. The van der Waals surface area contributed by atoms with Crippen molar-refractivity contribution in [1.29, 1.82) is 0 Å². The molecule has 0 aliphatic heterocycles. The van der Waals surface area contributed by atoms with Gasteiger partial charge in [0.05, 0.1) is 17.0 Å². The van der Waals surface area contributed by atoms with Crippen LogP contribution in [-0.2, 0) is 19.3 Å². The number of hydrogen-bond acceptors (Lipinski definition) is 3. The van der Waals surface area contributed by atoms with Gasteiger partial charge in [-0.3, -0.25) is 14.9 Å². The summed E-state index contributed by atoms with van der Waals surface area (Å²) in [6.07, 6.45) is 5.54. The average molecular weight is 320 g/mol. The predicted molar refractivity (Wildman–Crippen MR) is 92.7 cm³/mol. The highest BCUT2D eigenvalue weighted by Gasteiger charge is 2.18. The first kappa shape index (κ1) is 15.9. The lowest BCUT2D eigenvalue weighted by molar-refractivity contribution is 0.0998. The number of pyridine rings is 1. The summed E-state index contributed by atoms with van der Waals surface area (Å²) >= 11 is 0. The minimum absolute atomic E-state index is 0.443. The van der Waals surface area contributed by atoms with E-state index in [1.165, 1.54) is 11.1 Å². The number of carbonyl (C=O) groups excluding carboxylic acids is 1. The lowest BCUT2D eigenvalue weighted by Crippen LogP contribution is -2.15. The van der Waals surface area contributed by atoms with Crippen LogP contribution in [0.4, 0.5) is 0 Å². The second kappa shape index (κ2) is 7.08. The molecule has 3 N–H and O–H groups in total. The number of aryl methyl sites for hydroxylation is 3. The number of aromatic nitrogens is 3. The fourth-order valence-electron chi connectivity index (χ4n) is 2.74. The number of nitrogens with one attached hydrogen (secondary N) is 1. The molecule has 0 unspecified atom stereocenters. The molecule has 2 aromatic heterocycles. The maximum absolute atomic E-state index is 11.9. The van der Waals surface area contributed by atoms with Crippen LogP contribution in [0.5, 0.6) is 0 Å². The molecule has 5 heteroatoms. The highest BCUT2D eigenvalue weighted by Crippen LogP contribution is 2.17. The number of aromatic amines is 1. The molecule has 0 radical (unpaired) electrons. The summed E-state index contributed by atoms with van der Waals surface area (Å²) in [6, 6.07) is 12.2. The van der Waals surface area contributed by atoms with Gasteiger partial charge in [0, 0.05) is 18.8 Å². The third-order valence-corrected chi connectivity index (χ3v) is 4.04. The highest BCUT2D eigenvalue weighted by molar-refractivity contribution is 5.95. The van der Waals surface area contributed by atoms with E-state index in [2.05, 4.69) is 46.4 Å². The fourth-order valence-corrected chi connectivity index (χ4v) is 2.74. The van der Waals surface area contributed by atoms with Gasteiger partial charge in [-0.15, -0.1) is 0 Å². The van der Waals surface area contributed by atoms with Gasteiger partial charge in [0.15, 0.2) is 0 Å². The molecule has 3 aromatic rings. The number of amides is 1. The topological polar surface area (TPSA) is 84.7 Å². The number of benzene rings is 1. The van der Waals surface area contributed by atoms with Crippen molar-refractivity contribution in [2.24, 2.45) is 5.73 Å². The molecular weight excluding hydrogens is 300 g/mol. The molecule has 122 valence electrons. The Hall–Kier alpha value is -2.95. The van der Waals surface area contributed by atoms with E-state index >= 15 is 0 Å². The Morgan fingerprint density at radius 2 is 1.92 bits per heavy atom. The monoisotopic (exact) mass is 320 g/mol. The SMILES string of the molecule is Cc1ccc(CCc2n[nH]c(Cc3cccnc3)c2C(N)=O)cc1. The van der Waals surface area contributed by atoms with Crippen LogP contribution in [-0.4, -0.2) is 21.1 Å². The molecule has 2 heterocycles. The van der Waals surface area contributed by atoms with E-state index in [0.717, 1.165) is 23.4 Å². The molecule has 1 amide bonds. The van der Waals surface area contributed by atoms with Crippen molar-refractivity contribution >= 4 is 5.91 Å². The second-order valence-electron chi connectivity index (χ2n) is 5.91. The third-order valence-electron chi connectivity index (χ3n) is 4.04. The number of nitrogens with zero attached hydrogens (tertiary/aromatic N) is 2. The van der Waals surface area contributed by atoms with Crippen molar-refractivity contribution in [2.75, 3.05) is 0 Å². The number of carbonyl (C=O) groups is 1. The summed E-state index contributed by atoms with van der Waals surface area (Å²) in [6.45, 7) is 2.06. The quantitative estimate of drug-likeness (QED) is 0.732. The van der Waals surface area contributed by atoms with Gasteiger partial charge in [0.1, 0.15) is 0 Å². The van der Waals surface area contributed by atoms with Crippen molar-refractivity contribution in [2.45, 2.75) is 26.2 Å². The van der Waals surface area contributed by atoms with E-state index in [0.29, 0.717) is 18.4 Å². The predicted octanol–water partition coefficient (Wildman–Crippen LogP) is 2.59. The van der Waals surface area contributed by atoms with E-state index in [1.54, 1.807) is 12.4 Å². The number of H-pyrrole nitrogens is 1. The fraction of sp³-hybridized carbons (Fsp3) is 0.211. The maximum Gasteiger partial charge on any atom is 0.252 e. The molecule has 0 aliphatic rings. The van der Waals surface area contributed by atoms with E-state index < -0.39 is 5.91 Å². The van der Waals surface area contributed by atoms with E-state index in [-0.39, 0.29) is 0 Å². The van der Waals surface area contributed by atoms with Crippen LogP contribution in [0.1, 0.15) is 38.4 Å². The Balaban J connectivity index is 1.78. The second-order valence-corrected chi connectivity index (χ2v) is 5.91. The number of rotatable bonds is 6. The van der Waals surface area contributed by atoms with Gasteiger partial charge >= 0.3 is 0 Å². The summed E-state index contributed by atoms with van der Waals surface area (Å²) in [5.74, 6) is -0.443. The van der Waals surface area contributed by atoms with Gasteiger partial charge in [0.25, 0.3) is 5.91 Å². The van der Waals surface area contributed by atoms with Gasteiger partial charge < -0.3 is 5.73 Å². The van der Waals surface area contributed by atoms with Crippen LogP contribution in [0, 0.1) is 6.92 Å². The minimum atomic E-state index is -0.443. The number of primary amides is 1. The standard InChI is InChI=1S/C19H20N4O/c1-13-4-6-14(7-5-13)8-9-16-18(19(20)24)17(23-22-16)11-15-3-2-10-21-12-15/h2-7,10,12H,8-9,11H2,1H3,(H2,20,24)(H,22,23). The van der Waals surface area contributed by atoms with Crippen molar-refractivity contribution in [3.63, 3.8) is 0 Å². The normalized spacial score (nSPS) is 10.7. The zero-order valence-corrected chi connectivity index (χ0v) is 13.6. The summed E-state index contributed by atoms with van der Waals surface area (Å²) in [5.41, 5.74) is 11.0. The first-order valence-electron chi connectivity index (χ1n) is 7.94. The minimum Gasteiger partial charge on any atom is -0.365 e. The zero-order chi connectivity index (χ0) is 16.9. The smallest absolute Gasteiger partial charge is 0.252 e. The third kappa shape index (κ3) is 3.68. The molecule has 5 nitrogen and oxygen atoms in total. The van der Waals surface area contributed by atoms with Crippen molar-refractivity contribution in [3.05, 3.63) is 82.4 Å². The Kier molecular flexibility index (Phi) is 4.70. The summed E-state index contributed by atoms with van der Waals surface area (Å²) < 4.78 is 0. The number of nitrogens with two attached hydrogens (primary N) is 1. The molecule has 0 saturated heterocycles. The Labute approximate surface area is 140 Å². The Bertz CT molecular complexity index is 822. The molecule has 0 fully saturated rings. The lowest BCUT2D eigenvalue weighted by Gasteiger charge is -2.04. The number of hydrogen-bond donors (Lipinski definition) is 2. The van der Waals surface area contributed by atoms with E-state index in [1.807, 2.05) is 12.1 Å². The van der Waals surface area contributed by atoms with Crippen LogP contribution in [0.25, 0.3) is 0 Å². The van der Waals surface area contributed by atoms with E-state index in [9.17, 15) is 4.79 Å². The maximum atomic E-state index is 11.9. The summed E-state index contributed by atoms with van der Waals surface area (Å²) in [4.78, 5) is 16.0. The molecule has 0 saturated carbocycles. The summed E-state index contributed by atoms with van der Waals surface area (Å²) in [5, 5.41) is 7.29. The van der Waals surface area contributed by atoms with Gasteiger partial charge in [-0.2, -0.15) is 5.10 Å². The van der Waals surface area contributed by atoms with Crippen LogP contribution in [0.15, 0.2) is 48.8 Å². The van der Waals surface area contributed by atoms with Crippen molar-refractivity contribution < 1.29 is 4.79 Å². The zero-order valence-electron chi connectivity index (χ0n) is 13.6. The van der Waals surface area contributed by atoms with Crippen molar-refractivity contribution in [3.8, 4) is 0 Å². The van der Waals surface area contributed by atoms with E-state index in [4.69, 9.17) is 5.73 Å². The molecular formula is C19H20N4O. The molecule has 3 rings (SSSR count). The van der Waals surface area contributed by atoms with Crippen LogP contribution in [0.3, 0.4) is 0 Å². The molecule has 1 aromatic carbocycles. The largest absolute Gasteiger partial charge is 0.365 e. The van der Waals surface area contributed by atoms with Crippen LogP contribution >= 0.6 is 0 Å². The average Bonchev–Trinajstić information content (AvgIpc) is 2.98. The van der Waals surface area contributed by atoms with Gasteiger partial charge in [0.2, 0.25) is 0 Å². The molecule has 0 atom stereocenters. The molecule has 0 bridgehead atoms. The first-order valence-corrected chi connectivity index (χ1v) is 7.94. The molecule has 24 heavy (non-hydrogen) atoms.